The molecule has 0 saturated carbocycles. The zero-order valence-electron chi connectivity index (χ0n) is 17.2. The van der Waals surface area contributed by atoms with Crippen molar-refractivity contribution in [3.63, 3.8) is 0 Å². The summed E-state index contributed by atoms with van der Waals surface area (Å²) in [4.78, 5) is 17.5. The van der Waals surface area contributed by atoms with E-state index in [0.717, 1.165) is 16.4 Å². The van der Waals surface area contributed by atoms with Gasteiger partial charge in [-0.05, 0) is 30.7 Å². The first-order valence-electron chi connectivity index (χ1n) is 9.02. The highest BCUT2D eigenvalue weighted by atomic mass is 32.2. The van der Waals surface area contributed by atoms with Crippen molar-refractivity contribution in [1.29, 1.82) is 0 Å². The largest absolute Gasteiger partial charge is 0.433 e. The van der Waals surface area contributed by atoms with Crippen LogP contribution in [-0.2, 0) is 28.4 Å². The van der Waals surface area contributed by atoms with Crippen LogP contribution in [0.1, 0.15) is 29.7 Å². The highest BCUT2D eigenvalue weighted by molar-refractivity contribution is 7.74. The minimum Gasteiger partial charge on any atom is -0.362 e. The van der Waals surface area contributed by atoms with E-state index in [1.54, 1.807) is 0 Å². The first-order valence-corrected chi connectivity index (χ1v) is 10.2. The minimum absolute atomic E-state index is 0.0629. The third-order valence-corrected chi connectivity index (χ3v) is 5.29. The quantitative estimate of drug-likeness (QED) is 0.489. The van der Waals surface area contributed by atoms with Crippen molar-refractivity contribution < 1.29 is 30.8 Å². The smallest absolute Gasteiger partial charge is 0.362 e. The van der Waals surface area contributed by atoms with E-state index in [-0.39, 0.29) is 18.1 Å². The van der Waals surface area contributed by atoms with Gasteiger partial charge in [-0.2, -0.15) is 13.2 Å². The van der Waals surface area contributed by atoms with Crippen molar-refractivity contribution in [3.05, 3.63) is 53.0 Å². The van der Waals surface area contributed by atoms with Gasteiger partial charge in [0.2, 0.25) is 16.8 Å². The maximum absolute atomic E-state index is 14.3. The van der Waals surface area contributed by atoms with Crippen LogP contribution in [0.2, 0.25) is 0 Å². The van der Waals surface area contributed by atoms with Crippen molar-refractivity contribution >= 4 is 28.3 Å². The molecule has 0 spiro atoms. The summed E-state index contributed by atoms with van der Waals surface area (Å²) in [5, 5.41) is 2.61. The lowest BCUT2D eigenvalue weighted by molar-refractivity contribution is -0.141. The number of anilines is 2. The summed E-state index contributed by atoms with van der Waals surface area (Å²) in [6.07, 6.45) is -4.59. The van der Waals surface area contributed by atoms with Crippen molar-refractivity contribution in [1.82, 2.24) is 10.3 Å². The third kappa shape index (κ3) is 5.84. The van der Waals surface area contributed by atoms with Crippen molar-refractivity contribution in [2.24, 2.45) is 0 Å². The highest BCUT2D eigenvalue weighted by Gasteiger charge is 2.33. The first kappa shape index (κ1) is 24.4. The second kappa shape index (κ2) is 9.50. The van der Waals surface area contributed by atoms with E-state index in [4.69, 9.17) is 0 Å². The number of nitrogens with zero attached hydrogens (tertiary/aromatic N) is 3. The molecule has 1 unspecified atom stereocenters. The van der Waals surface area contributed by atoms with Crippen LogP contribution in [0.5, 0.6) is 0 Å². The topological polar surface area (TPSA) is 82.6 Å². The molecule has 2 rings (SSSR count). The molecular formula is C19H22F4N4O3S. The fraction of sp³-hybridized carbons (Fsp3) is 0.368. The fourth-order valence-corrected chi connectivity index (χ4v) is 3.13. The Labute approximate surface area is 178 Å². The SMILES string of the molecule is CC(C(=O)NCc1ccc(C(F)(F)F)nc1N(C)C)c1ccc(N(C)[SH](=O)=O)c(F)c1. The number of carbonyl (C=O) groups excluding carboxylic acids is 1. The molecule has 1 heterocycles. The Bertz CT molecular complexity index is 1030. The number of rotatable bonds is 7. The van der Waals surface area contributed by atoms with E-state index in [9.17, 15) is 30.8 Å². The number of thiol groups is 1. The van der Waals surface area contributed by atoms with E-state index in [2.05, 4.69) is 10.3 Å². The normalized spacial score (nSPS) is 12.5. The lowest BCUT2D eigenvalue weighted by Gasteiger charge is -2.20. The van der Waals surface area contributed by atoms with Crippen LogP contribution in [0.15, 0.2) is 30.3 Å². The second-order valence-electron chi connectivity index (χ2n) is 6.98. The van der Waals surface area contributed by atoms with Crippen LogP contribution in [0.4, 0.5) is 29.1 Å². The van der Waals surface area contributed by atoms with Gasteiger partial charge in [-0.15, -0.1) is 0 Å². The van der Waals surface area contributed by atoms with Crippen molar-refractivity contribution in [2.75, 3.05) is 30.3 Å². The predicted molar refractivity (Wildman–Crippen MR) is 109 cm³/mol. The monoisotopic (exact) mass is 462 g/mol. The van der Waals surface area contributed by atoms with E-state index in [1.807, 2.05) is 0 Å². The molecule has 170 valence electrons. The summed E-state index contributed by atoms with van der Waals surface area (Å²) in [7, 11) is 1.26. The van der Waals surface area contributed by atoms with Gasteiger partial charge in [-0.1, -0.05) is 12.1 Å². The average Bonchev–Trinajstić information content (AvgIpc) is 2.69. The maximum atomic E-state index is 14.3. The molecule has 0 aliphatic heterocycles. The standard InChI is InChI=1S/C19H22F4N4O3S/c1-11(12-5-7-15(14(20)9-12)27(4)31(29)30)18(28)24-10-13-6-8-16(19(21,22)23)25-17(13)26(2)3/h5-9,11,31H,10H2,1-4H3,(H,24,28). The van der Waals surface area contributed by atoms with Gasteiger partial charge in [0, 0.05) is 33.3 Å². The molecule has 1 amide bonds. The molecular weight excluding hydrogens is 440 g/mol. The molecule has 1 atom stereocenters. The van der Waals surface area contributed by atoms with Gasteiger partial charge in [-0.25, -0.2) is 17.8 Å². The molecule has 0 aliphatic rings. The minimum atomic E-state index is -4.59. The fourth-order valence-electron chi connectivity index (χ4n) is 2.79. The molecule has 0 aliphatic carbocycles. The molecule has 0 radical (unpaired) electrons. The summed E-state index contributed by atoms with van der Waals surface area (Å²) < 4.78 is 75.8. The summed E-state index contributed by atoms with van der Waals surface area (Å²) in [6.45, 7) is 1.45. The molecule has 31 heavy (non-hydrogen) atoms. The highest BCUT2D eigenvalue weighted by Crippen LogP contribution is 2.30. The number of carbonyl (C=O) groups is 1. The second-order valence-corrected chi connectivity index (χ2v) is 8.06. The molecule has 7 nitrogen and oxygen atoms in total. The lowest BCUT2D eigenvalue weighted by Crippen LogP contribution is -2.29. The Morgan fingerprint density at radius 3 is 2.32 bits per heavy atom. The van der Waals surface area contributed by atoms with E-state index >= 15 is 0 Å². The van der Waals surface area contributed by atoms with E-state index in [1.165, 1.54) is 51.2 Å². The van der Waals surface area contributed by atoms with Crippen molar-refractivity contribution in [2.45, 2.75) is 25.6 Å². The molecule has 1 aromatic heterocycles. The molecule has 2 aromatic rings. The number of benzene rings is 1. The van der Waals surface area contributed by atoms with E-state index < -0.39 is 40.4 Å². The van der Waals surface area contributed by atoms with E-state index in [0.29, 0.717) is 11.1 Å². The third-order valence-electron chi connectivity index (χ3n) is 4.58. The number of halogens is 4. The Morgan fingerprint density at radius 1 is 1.16 bits per heavy atom. The Kier molecular flexibility index (Phi) is 7.47. The van der Waals surface area contributed by atoms with Crippen LogP contribution in [0.25, 0.3) is 0 Å². The summed E-state index contributed by atoms with van der Waals surface area (Å²) in [5.41, 5.74) is -0.508. The van der Waals surface area contributed by atoms with Crippen molar-refractivity contribution in [3.8, 4) is 0 Å². The van der Waals surface area contributed by atoms with Crippen LogP contribution >= 0.6 is 0 Å². The van der Waals surface area contributed by atoms with Crippen LogP contribution in [-0.4, -0.2) is 40.5 Å². The van der Waals surface area contributed by atoms with Gasteiger partial charge in [0.25, 0.3) is 0 Å². The van der Waals surface area contributed by atoms with Gasteiger partial charge < -0.3 is 10.2 Å². The number of nitrogens with one attached hydrogen (secondary N) is 1. The average molecular weight is 462 g/mol. The molecule has 0 fully saturated rings. The number of amides is 1. The molecule has 12 heteroatoms. The summed E-state index contributed by atoms with van der Waals surface area (Å²) in [6, 6.07) is 5.83. The number of pyridine rings is 1. The summed E-state index contributed by atoms with van der Waals surface area (Å²) >= 11 is 0. The zero-order chi connectivity index (χ0) is 23.5. The van der Waals surface area contributed by atoms with Crippen LogP contribution in [0, 0.1) is 5.82 Å². The number of hydrogen-bond donors (Lipinski definition) is 2. The number of aromatic nitrogens is 1. The zero-order valence-corrected chi connectivity index (χ0v) is 18.1. The molecule has 0 bridgehead atoms. The Morgan fingerprint density at radius 2 is 1.81 bits per heavy atom. The van der Waals surface area contributed by atoms with Crippen LogP contribution in [0.3, 0.4) is 0 Å². The molecule has 0 saturated heterocycles. The number of alkyl halides is 3. The first-order chi connectivity index (χ1) is 14.3. The van der Waals surface area contributed by atoms with Gasteiger partial charge >= 0.3 is 6.18 Å². The summed E-state index contributed by atoms with van der Waals surface area (Å²) in [5.74, 6) is -2.02. The Balaban J connectivity index is 2.16. The van der Waals surface area contributed by atoms with Gasteiger partial charge in [0.15, 0.2) is 0 Å². The van der Waals surface area contributed by atoms with Gasteiger partial charge in [0.05, 0.1) is 11.6 Å². The maximum Gasteiger partial charge on any atom is 0.433 e. The van der Waals surface area contributed by atoms with Gasteiger partial charge in [-0.3, -0.25) is 9.10 Å². The van der Waals surface area contributed by atoms with Crippen LogP contribution < -0.4 is 14.5 Å². The Hall–Kier alpha value is -2.89. The predicted octanol–water partition coefficient (Wildman–Crippen LogP) is 2.69. The lowest BCUT2D eigenvalue weighted by atomic mass is 9.99. The molecule has 1 aromatic carbocycles. The molecule has 1 N–H and O–H groups in total. The van der Waals surface area contributed by atoms with Gasteiger partial charge in [0.1, 0.15) is 17.3 Å². The number of hydrogen-bond acceptors (Lipinski definition) is 5.